The minimum Gasteiger partial charge on any atom is -0.494 e. The predicted molar refractivity (Wildman–Crippen MR) is 151 cm³/mol. The van der Waals surface area contributed by atoms with Gasteiger partial charge in [-0.1, -0.05) is 13.0 Å². The van der Waals surface area contributed by atoms with Gasteiger partial charge in [-0.25, -0.2) is 4.98 Å². The lowest BCUT2D eigenvalue weighted by Gasteiger charge is -2.28. The minimum atomic E-state index is -0.178. The van der Waals surface area contributed by atoms with Crippen LogP contribution in [-0.2, 0) is 4.79 Å². The van der Waals surface area contributed by atoms with Gasteiger partial charge in [0.2, 0.25) is 5.91 Å². The Hall–Kier alpha value is -3.76. The summed E-state index contributed by atoms with van der Waals surface area (Å²) in [5.74, 6) is 0.488. The van der Waals surface area contributed by atoms with E-state index in [1.807, 2.05) is 54.9 Å². The second kappa shape index (κ2) is 10.3. The molecule has 4 aromatic rings. The highest BCUT2D eigenvalue weighted by molar-refractivity contribution is 7.80. The van der Waals surface area contributed by atoms with Gasteiger partial charge in [-0.05, 0) is 62.0 Å². The number of benzene rings is 1. The molecule has 1 aliphatic heterocycles. The van der Waals surface area contributed by atoms with Crippen molar-refractivity contribution >= 4 is 45.9 Å². The van der Waals surface area contributed by atoms with Gasteiger partial charge in [-0.3, -0.25) is 14.3 Å². The van der Waals surface area contributed by atoms with Crippen LogP contribution in [0.1, 0.15) is 48.1 Å². The zero-order chi connectivity index (χ0) is 26.1. The number of nitrogens with zero attached hydrogens (tertiary/aromatic N) is 4. The monoisotopic (exact) mass is 532 g/mol. The van der Waals surface area contributed by atoms with Crippen molar-refractivity contribution in [3.05, 3.63) is 82.9 Å². The molecule has 0 unspecified atom stereocenters. The highest BCUT2D eigenvalue weighted by atomic mass is 32.1. The molecular weight excluding hydrogens is 504 g/mol. The van der Waals surface area contributed by atoms with Crippen LogP contribution in [0.5, 0.6) is 5.75 Å². The van der Waals surface area contributed by atoms with E-state index < -0.39 is 0 Å². The summed E-state index contributed by atoms with van der Waals surface area (Å²) < 4.78 is 7.83. The predicted octanol–water partition coefficient (Wildman–Crippen LogP) is 5.48. The summed E-state index contributed by atoms with van der Waals surface area (Å²) in [4.78, 5) is 23.3. The number of thiocarbonyl (C=S) groups is 1. The molecule has 0 aliphatic carbocycles. The van der Waals surface area contributed by atoms with E-state index in [1.165, 1.54) is 0 Å². The van der Waals surface area contributed by atoms with Gasteiger partial charge in [-0.2, -0.15) is 0 Å². The number of aryl methyl sites for hydroxylation is 1. The normalized spacial score (nSPS) is 17.1. The van der Waals surface area contributed by atoms with Gasteiger partial charge >= 0.3 is 0 Å². The quantitative estimate of drug-likeness (QED) is 0.305. The van der Waals surface area contributed by atoms with E-state index in [0.29, 0.717) is 23.0 Å². The highest BCUT2D eigenvalue weighted by Crippen LogP contribution is 2.45. The van der Waals surface area contributed by atoms with Gasteiger partial charge in [0.15, 0.2) is 10.2 Å². The average Bonchev–Trinajstić information content (AvgIpc) is 3.62. The van der Waals surface area contributed by atoms with Crippen molar-refractivity contribution in [2.45, 2.75) is 39.3 Å². The number of hydrogen-bond acceptors (Lipinski definition) is 6. The van der Waals surface area contributed by atoms with Gasteiger partial charge in [0.25, 0.3) is 0 Å². The molecule has 0 bridgehead atoms. The fraction of sp³-hybridized carbons (Fsp3) is 0.259. The molecule has 8 nitrogen and oxygen atoms in total. The number of amides is 1. The molecule has 2 atom stereocenters. The van der Waals surface area contributed by atoms with E-state index in [4.69, 9.17) is 17.0 Å². The Balaban J connectivity index is 1.64. The van der Waals surface area contributed by atoms with Crippen LogP contribution in [-0.4, -0.2) is 32.7 Å². The number of nitrogens with one attached hydrogen (secondary N) is 2. The van der Waals surface area contributed by atoms with Crippen LogP contribution >= 0.6 is 23.6 Å². The molecule has 10 heteroatoms. The maximum atomic E-state index is 12.0. The van der Waals surface area contributed by atoms with Crippen LogP contribution in [0.3, 0.4) is 0 Å². The number of rotatable bonds is 7. The lowest BCUT2D eigenvalue weighted by molar-refractivity contribution is -0.115. The number of anilines is 2. The molecular formula is C27H28N6O2S2. The lowest BCUT2D eigenvalue weighted by Crippen LogP contribution is -2.29. The molecule has 0 spiro atoms. The van der Waals surface area contributed by atoms with Crippen LogP contribution < -0.4 is 20.3 Å². The molecule has 5 rings (SSSR count). The number of thiazole rings is 1. The van der Waals surface area contributed by atoms with Crippen LogP contribution in [0.25, 0.3) is 5.13 Å². The van der Waals surface area contributed by atoms with Gasteiger partial charge < -0.3 is 20.3 Å². The molecule has 2 N–H and O–H groups in total. The summed E-state index contributed by atoms with van der Waals surface area (Å²) in [5.41, 5.74) is 5.68. The Morgan fingerprint density at radius 3 is 2.70 bits per heavy atom. The van der Waals surface area contributed by atoms with Gasteiger partial charge in [0.1, 0.15) is 5.75 Å². The maximum absolute atomic E-state index is 12.0. The molecule has 0 radical (unpaired) electrons. The van der Waals surface area contributed by atoms with Crippen molar-refractivity contribution < 1.29 is 9.53 Å². The third-order valence-electron chi connectivity index (χ3n) is 6.56. The Bertz CT molecular complexity index is 1430. The third kappa shape index (κ3) is 4.58. The summed E-state index contributed by atoms with van der Waals surface area (Å²) in [7, 11) is 1.59. The van der Waals surface area contributed by atoms with Crippen LogP contribution in [0.15, 0.2) is 60.2 Å². The Kier molecular flexibility index (Phi) is 6.94. The number of carbonyl (C=O) groups excluding carboxylic acids is 1. The van der Waals surface area contributed by atoms with Gasteiger partial charge in [0.05, 0.1) is 30.6 Å². The van der Waals surface area contributed by atoms with Crippen molar-refractivity contribution in [2.75, 3.05) is 17.3 Å². The molecule has 0 saturated carbocycles. The fourth-order valence-corrected chi connectivity index (χ4v) is 5.93. The van der Waals surface area contributed by atoms with E-state index in [9.17, 15) is 4.79 Å². The molecule has 1 amide bonds. The molecule has 4 heterocycles. The van der Waals surface area contributed by atoms with E-state index >= 15 is 0 Å². The SMILES string of the molecule is CCC(=O)Nc1ccc(N2C(=S)N[C@H](c3ccccn3)[C@H]2c2cc(C)n(-c3nccs3)c2C)cc1OC. The minimum absolute atomic E-state index is 0.0767. The second-order valence-corrected chi connectivity index (χ2v) is 10.0. The molecule has 190 valence electrons. The smallest absolute Gasteiger partial charge is 0.224 e. The van der Waals surface area contributed by atoms with Gasteiger partial charge in [0, 0.05) is 47.3 Å². The molecule has 1 aliphatic rings. The molecule has 1 aromatic carbocycles. The highest BCUT2D eigenvalue weighted by Gasteiger charge is 2.42. The summed E-state index contributed by atoms with van der Waals surface area (Å²) in [6, 6.07) is 13.5. The van der Waals surface area contributed by atoms with E-state index in [0.717, 1.165) is 33.5 Å². The van der Waals surface area contributed by atoms with Crippen molar-refractivity contribution in [3.8, 4) is 10.9 Å². The first-order chi connectivity index (χ1) is 17.9. The first-order valence-corrected chi connectivity index (χ1v) is 13.3. The van der Waals surface area contributed by atoms with E-state index in [1.54, 1.807) is 24.6 Å². The third-order valence-corrected chi connectivity index (χ3v) is 7.63. The van der Waals surface area contributed by atoms with E-state index in [2.05, 4.69) is 50.0 Å². The lowest BCUT2D eigenvalue weighted by atomic mass is 9.96. The molecule has 3 aromatic heterocycles. The topological polar surface area (TPSA) is 84.3 Å². The number of carbonyl (C=O) groups is 1. The average molecular weight is 533 g/mol. The number of methoxy groups -OCH3 is 1. The number of ether oxygens (including phenoxy) is 1. The molecule has 1 saturated heterocycles. The van der Waals surface area contributed by atoms with Crippen molar-refractivity contribution in [1.29, 1.82) is 0 Å². The maximum Gasteiger partial charge on any atom is 0.224 e. The number of hydrogen-bond donors (Lipinski definition) is 2. The Morgan fingerprint density at radius 1 is 1.19 bits per heavy atom. The summed E-state index contributed by atoms with van der Waals surface area (Å²) in [6.07, 6.45) is 4.00. The zero-order valence-electron chi connectivity index (χ0n) is 21.1. The number of pyridine rings is 1. The number of aromatic nitrogens is 3. The second-order valence-electron chi connectivity index (χ2n) is 8.76. The van der Waals surface area contributed by atoms with Crippen molar-refractivity contribution in [1.82, 2.24) is 19.9 Å². The first-order valence-electron chi connectivity index (χ1n) is 12.0. The summed E-state index contributed by atoms with van der Waals surface area (Å²) in [6.45, 7) is 6.02. The Morgan fingerprint density at radius 2 is 2.03 bits per heavy atom. The van der Waals surface area contributed by atoms with Gasteiger partial charge in [-0.15, -0.1) is 11.3 Å². The largest absolute Gasteiger partial charge is 0.494 e. The van der Waals surface area contributed by atoms with E-state index in [-0.39, 0.29) is 18.0 Å². The first kappa shape index (κ1) is 24.9. The van der Waals surface area contributed by atoms with Crippen molar-refractivity contribution in [3.63, 3.8) is 0 Å². The fourth-order valence-electron chi connectivity index (χ4n) is 4.83. The molecule has 37 heavy (non-hydrogen) atoms. The standard InChI is InChI=1S/C27H28N6O2S2/c1-5-23(34)30-20-10-9-18(15-22(20)35-4)33-25(24(31-26(33)36)21-8-6-7-11-28-21)19-14-16(2)32(17(19)3)27-29-12-13-37-27/h6-15,24-25H,5H2,1-4H3,(H,30,34)(H,31,36)/t24-,25-/m1/s1. The van der Waals surface area contributed by atoms with Crippen LogP contribution in [0.4, 0.5) is 11.4 Å². The Labute approximate surface area is 225 Å². The summed E-state index contributed by atoms with van der Waals surface area (Å²) >= 11 is 7.50. The zero-order valence-corrected chi connectivity index (χ0v) is 22.7. The van der Waals surface area contributed by atoms with Crippen LogP contribution in [0, 0.1) is 13.8 Å². The van der Waals surface area contributed by atoms with Crippen LogP contribution in [0.2, 0.25) is 0 Å². The summed E-state index contributed by atoms with van der Waals surface area (Å²) in [5, 5.41) is 9.91. The van der Waals surface area contributed by atoms with Crippen molar-refractivity contribution in [2.24, 2.45) is 0 Å². The molecule has 1 fully saturated rings.